The number of para-hydroxylation sites is 1. The van der Waals surface area contributed by atoms with Gasteiger partial charge in [0.15, 0.2) is 0 Å². The highest BCUT2D eigenvalue weighted by Gasteiger charge is 2.38. The molecule has 144 valence electrons. The number of rotatable bonds is 5. The third kappa shape index (κ3) is 5.23. The van der Waals surface area contributed by atoms with Crippen LogP contribution in [0.4, 0.5) is 10.5 Å². The van der Waals surface area contributed by atoms with Crippen LogP contribution in [0.25, 0.3) is 0 Å². The van der Waals surface area contributed by atoms with E-state index in [4.69, 9.17) is 4.74 Å². The third-order valence-corrected chi connectivity index (χ3v) is 3.99. The van der Waals surface area contributed by atoms with E-state index in [2.05, 4.69) is 10.6 Å². The number of benzene rings is 2. The molecule has 0 radical (unpaired) electrons. The van der Waals surface area contributed by atoms with Crippen LogP contribution in [0.1, 0.15) is 38.8 Å². The standard InChI is InChI=1S/C21H26N2O4/c1-14-13-15(11-12-17(14)22-19(26)23-20(2,3)4)21(5,18(24)25)27-16-9-7-6-8-10-16/h6-13H,1-5H3,(H,24,25)(H2,22,23,26). The number of carbonyl (C=O) groups is 2. The van der Waals surface area contributed by atoms with Crippen LogP contribution in [0, 0.1) is 6.92 Å². The van der Waals surface area contributed by atoms with E-state index in [1.165, 1.54) is 6.92 Å². The summed E-state index contributed by atoms with van der Waals surface area (Å²) >= 11 is 0. The van der Waals surface area contributed by atoms with Crippen molar-refractivity contribution >= 4 is 17.7 Å². The van der Waals surface area contributed by atoms with E-state index >= 15 is 0 Å². The predicted molar refractivity (Wildman–Crippen MR) is 105 cm³/mol. The summed E-state index contributed by atoms with van der Waals surface area (Å²) in [4.78, 5) is 24.0. The summed E-state index contributed by atoms with van der Waals surface area (Å²) in [5.74, 6) is -0.635. The normalized spacial score (nSPS) is 13.4. The van der Waals surface area contributed by atoms with Crippen LogP contribution in [0.3, 0.4) is 0 Å². The molecule has 0 saturated heterocycles. The highest BCUT2D eigenvalue weighted by Crippen LogP contribution is 2.31. The van der Waals surface area contributed by atoms with Gasteiger partial charge in [-0.25, -0.2) is 9.59 Å². The number of amides is 2. The fraction of sp³-hybridized carbons (Fsp3) is 0.333. The van der Waals surface area contributed by atoms with E-state index in [9.17, 15) is 14.7 Å². The lowest BCUT2D eigenvalue weighted by Crippen LogP contribution is -2.43. The number of aryl methyl sites for hydroxylation is 1. The number of hydrogen-bond donors (Lipinski definition) is 3. The van der Waals surface area contributed by atoms with Gasteiger partial charge in [-0.15, -0.1) is 0 Å². The van der Waals surface area contributed by atoms with Crippen molar-refractivity contribution in [3.63, 3.8) is 0 Å². The maximum absolute atomic E-state index is 12.1. The van der Waals surface area contributed by atoms with Crippen LogP contribution in [-0.2, 0) is 10.4 Å². The minimum atomic E-state index is -1.56. The van der Waals surface area contributed by atoms with Crippen LogP contribution in [0.2, 0.25) is 0 Å². The number of hydrogen-bond acceptors (Lipinski definition) is 3. The molecule has 0 spiro atoms. The fourth-order valence-corrected chi connectivity index (χ4v) is 2.55. The molecule has 0 saturated carbocycles. The van der Waals surface area contributed by atoms with Gasteiger partial charge in [-0.05, 0) is 64.4 Å². The number of anilines is 1. The Morgan fingerprint density at radius 3 is 2.15 bits per heavy atom. The Morgan fingerprint density at radius 1 is 1.00 bits per heavy atom. The molecule has 2 rings (SSSR count). The summed E-state index contributed by atoms with van der Waals surface area (Å²) in [5.41, 5.74) is -0.0893. The van der Waals surface area contributed by atoms with E-state index in [0.29, 0.717) is 17.0 Å². The first-order chi connectivity index (χ1) is 12.5. The van der Waals surface area contributed by atoms with Crippen molar-refractivity contribution in [2.24, 2.45) is 0 Å². The fourth-order valence-electron chi connectivity index (χ4n) is 2.55. The first kappa shape index (κ1) is 20.3. The molecule has 0 heterocycles. The zero-order valence-electron chi connectivity index (χ0n) is 16.3. The molecule has 1 atom stereocenters. The Bertz CT molecular complexity index is 828. The molecule has 0 aromatic heterocycles. The zero-order chi connectivity index (χ0) is 20.2. The second-order valence-corrected chi connectivity index (χ2v) is 7.61. The van der Waals surface area contributed by atoms with E-state index in [1.54, 1.807) is 49.4 Å². The molecule has 6 heteroatoms. The number of carboxylic acid groups (broad SMARTS) is 1. The van der Waals surface area contributed by atoms with E-state index in [0.717, 1.165) is 5.56 Å². The van der Waals surface area contributed by atoms with Crippen molar-refractivity contribution in [1.29, 1.82) is 0 Å². The second-order valence-electron chi connectivity index (χ2n) is 7.61. The topological polar surface area (TPSA) is 87.7 Å². The Hall–Kier alpha value is -3.02. The molecule has 2 aromatic rings. The molecule has 0 bridgehead atoms. The average molecular weight is 370 g/mol. The highest BCUT2D eigenvalue weighted by atomic mass is 16.5. The summed E-state index contributed by atoms with van der Waals surface area (Å²) in [7, 11) is 0. The molecule has 1 unspecified atom stereocenters. The van der Waals surface area contributed by atoms with Crippen LogP contribution < -0.4 is 15.4 Å². The molecule has 0 aliphatic heterocycles. The molecule has 6 nitrogen and oxygen atoms in total. The van der Waals surface area contributed by atoms with Gasteiger partial charge in [-0.2, -0.15) is 0 Å². The SMILES string of the molecule is Cc1cc(C(C)(Oc2ccccc2)C(=O)O)ccc1NC(=O)NC(C)(C)C. The number of urea groups is 1. The van der Waals surface area contributed by atoms with Crippen LogP contribution in [0.5, 0.6) is 5.75 Å². The summed E-state index contributed by atoms with van der Waals surface area (Å²) in [6.07, 6.45) is 0. The molecular formula is C21H26N2O4. The lowest BCUT2D eigenvalue weighted by atomic mass is 9.93. The molecule has 3 N–H and O–H groups in total. The quantitative estimate of drug-likeness (QED) is 0.732. The van der Waals surface area contributed by atoms with E-state index in [1.807, 2.05) is 26.8 Å². The van der Waals surface area contributed by atoms with Crippen LogP contribution in [-0.4, -0.2) is 22.6 Å². The number of nitrogens with one attached hydrogen (secondary N) is 2. The molecule has 2 aromatic carbocycles. The number of aliphatic carboxylic acids is 1. The maximum Gasteiger partial charge on any atom is 0.352 e. The third-order valence-electron chi connectivity index (χ3n) is 3.99. The second kappa shape index (κ2) is 7.70. The minimum absolute atomic E-state index is 0.320. The van der Waals surface area contributed by atoms with Crippen molar-refractivity contribution in [2.75, 3.05) is 5.32 Å². The van der Waals surface area contributed by atoms with E-state index < -0.39 is 11.6 Å². The van der Waals surface area contributed by atoms with Crippen molar-refractivity contribution in [2.45, 2.75) is 45.8 Å². The summed E-state index contributed by atoms with van der Waals surface area (Å²) in [6, 6.07) is 13.5. The lowest BCUT2D eigenvalue weighted by molar-refractivity contribution is -0.154. The average Bonchev–Trinajstić information content (AvgIpc) is 2.55. The lowest BCUT2D eigenvalue weighted by Gasteiger charge is -2.27. The first-order valence-electron chi connectivity index (χ1n) is 8.69. The Kier molecular flexibility index (Phi) is 5.78. The summed E-state index contributed by atoms with van der Waals surface area (Å²) < 4.78 is 5.79. The Morgan fingerprint density at radius 2 is 1.63 bits per heavy atom. The predicted octanol–water partition coefficient (Wildman–Crippen LogP) is 4.29. The van der Waals surface area contributed by atoms with Gasteiger partial charge in [-0.1, -0.05) is 24.3 Å². The van der Waals surface area contributed by atoms with Crippen molar-refractivity contribution in [3.8, 4) is 5.75 Å². The Balaban J connectivity index is 2.27. The van der Waals surface area contributed by atoms with E-state index in [-0.39, 0.29) is 11.6 Å². The molecule has 2 amide bonds. The van der Waals surface area contributed by atoms with Gasteiger partial charge in [0.25, 0.3) is 0 Å². The van der Waals surface area contributed by atoms with Gasteiger partial charge < -0.3 is 20.5 Å². The van der Waals surface area contributed by atoms with Gasteiger partial charge in [-0.3, -0.25) is 0 Å². The van der Waals surface area contributed by atoms with Gasteiger partial charge in [0.1, 0.15) is 5.75 Å². The first-order valence-corrected chi connectivity index (χ1v) is 8.69. The zero-order valence-corrected chi connectivity index (χ0v) is 16.3. The van der Waals surface area contributed by atoms with Gasteiger partial charge in [0, 0.05) is 16.8 Å². The van der Waals surface area contributed by atoms with Crippen molar-refractivity contribution in [3.05, 3.63) is 59.7 Å². The van der Waals surface area contributed by atoms with Gasteiger partial charge in [0.2, 0.25) is 5.60 Å². The monoisotopic (exact) mass is 370 g/mol. The van der Waals surface area contributed by atoms with Gasteiger partial charge in [0.05, 0.1) is 0 Å². The van der Waals surface area contributed by atoms with Crippen molar-refractivity contribution < 1.29 is 19.4 Å². The number of ether oxygens (including phenoxy) is 1. The highest BCUT2D eigenvalue weighted by molar-refractivity contribution is 5.90. The number of carboxylic acids is 1. The molecule has 27 heavy (non-hydrogen) atoms. The minimum Gasteiger partial charge on any atom is -0.478 e. The smallest absolute Gasteiger partial charge is 0.352 e. The Labute approximate surface area is 159 Å². The van der Waals surface area contributed by atoms with Crippen molar-refractivity contribution in [1.82, 2.24) is 5.32 Å². The molecule has 0 aliphatic carbocycles. The molecular weight excluding hydrogens is 344 g/mol. The van der Waals surface area contributed by atoms with Crippen LogP contribution >= 0.6 is 0 Å². The molecule has 0 aliphatic rings. The summed E-state index contributed by atoms with van der Waals surface area (Å²) in [6.45, 7) is 8.99. The summed E-state index contributed by atoms with van der Waals surface area (Å²) in [5, 5.41) is 15.4. The van der Waals surface area contributed by atoms with Gasteiger partial charge >= 0.3 is 12.0 Å². The number of carbonyl (C=O) groups excluding carboxylic acids is 1. The maximum atomic E-state index is 12.1. The molecule has 0 fully saturated rings. The largest absolute Gasteiger partial charge is 0.478 e. The van der Waals surface area contributed by atoms with Crippen LogP contribution in [0.15, 0.2) is 48.5 Å².